The maximum atomic E-state index is 12.9. The topological polar surface area (TPSA) is 49.3 Å². The highest BCUT2D eigenvalue weighted by Crippen LogP contribution is 2.12. The number of hydrogen-bond acceptors (Lipinski definition) is 3. The summed E-state index contributed by atoms with van der Waals surface area (Å²) < 4.78 is 12.9. The fourth-order valence-corrected chi connectivity index (χ4v) is 2.67. The fraction of sp³-hybridized carbons (Fsp3) is 0.375. The summed E-state index contributed by atoms with van der Waals surface area (Å²) in [6.07, 6.45) is 2.69. The summed E-state index contributed by atoms with van der Waals surface area (Å²) in [6, 6.07) is 6.59. The third-order valence-electron chi connectivity index (χ3n) is 3.03. The molecule has 1 aromatic carbocycles. The second kappa shape index (κ2) is 8.48. The van der Waals surface area contributed by atoms with E-state index in [1.807, 2.05) is 20.0 Å². The molecule has 2 rings (SSSR count). The number of thiazole rings is 1. The van der Waals surface area contributed by atoms with Crippen LogP contribution in [0.2, 0.25) is 0 Å². The van der Waals surface area contributed by atoms with E-state index in [2.05, 4.69) is 20.6 Å². The van der Waals surface area contributed by atoms with Gasteiger partial charge >= 0.3 is 0 Å². The minimum absolute atomic E-state index is 0.202. The zero-order chi connectivity index (χ0) is 15.8. The van der Waals surface area contributed by atoms with E-state index in [0.717, 1.165) is 40.9 Å². The predicted octanol–water partition coefficient (Wildman–Crippen LogP) is 2.89. The number of halogens is 1. The van der Waals surface area contributed by atoms with Crippen molar-refractivity contribution in [2.75, 3.05) is 13.1 Å². The van der Waals surface area contributed by atoms with Gasteiger partial charge in [0, 0.05) is 24.2 Å². The average molecular weight is 320 g/mol. The highest BCUT2D eigenvalue weighted by molar-refractivity contribution is 7.11. The summed E-state index contributed by atoms with van der Waals surface area (Å²) in [5.74, 6) is 0.585. The van der Waals surface area contributed by atoms with Crippen molar-refractivity contribution in [2.45, 2.75) is 26.8 Å². The van der Waals surface area contributed by atoms with E-state index >= 15 is 0 Å². The molecule has 0 aliphatic rings. The lowest BCUT2D eigenvalue weighted by molar-refractivity contribution is 0.626. The molecule has 0 saturated heterocycles. The molecule has 22 heavy (non-hydrogen) atoms. The van der Waals surface area contributed by atoms with Crippen LogP contribution in [0.3, 0.4) is 0 Å². The number of hydrogen-bond donors (Lipinski definition) is 2. The Morgan fingerprint density at radius 2 is 2.05 bits per heavy atom. The van der Waals surface area contributed by atoms with E-state index in [-0.39, 0.29) is 5.82 Å². The standard InChI is InChI=1S/C16H21FN4S/c1-3-18-16(21-11-15-10-20-12(2)22-15)19-9-8-13-4-6-14(17)7-5-13/h4-7,10H,3,8-9,11H2,1-2H3,(H2,18,19,21). The van der Waals surface area contributed by atoms with Crippen LogP contribution < -0.4 is 10.6 Å². The second-order valence-corrected chi connectivity index (χ2v) is 6.16. The van der Waals surface area contributed by atoms with Gasteiger partial charge in [0.1, 0.15) is 5.82 Å². The highest BCUT2D eigenvalue weighted by Gasteiger charge is 2.00. The van der Waals surface area contributed by atoms with E-state index < -0.39 is 0 Å². The van der Waals surface area contributed by atoms with Gasteiger partial charge in [0.05, 0.1) is 11.6 Å². The van der Waals surface area contributed by atoms with Gasteiger partial charge in [0.15, 0.2) is 5.96 Å². The lowest BCUT2D eigenvalue weighted by atomic mass is 10.1. The molecular formula is C16H21FN4S. The van der Waals surface area contributed by atoms with Gasteiger partial charge < -0.3 is 10.6 Å². The molecule has 0 saturated carbocycles. The van der Waals surface area contributed by atoms with Crippen molar-refractivity contribution in [3.8, 4) is 0 Å². The zero-order valence-electron chi connectivity index (χ0n) is 12.9. The van der Waals surface area contributed by atoms with Crippen LogP contribution in [-0.4, -0.2) is 24.0 Å². The lowest BCUT2D eigenvalue weighted by Crippen LogP contribution is -2.38. The Bertz CT molecular complexity index is 607. The summed E-state index contributed by atoms with van der Waals surface area (Å²) in [4.78, 5) is 9.92. The number of benzene rings is 1. The van der Waals surface area contributed by atoms with Crippen LogP contribution >= 0.6 is 11.3 Å². The first-order valence-corrected chi connectivity index (χ1v) is 8.17. The molecule has 6 heteroatoms. The van der Waals surface area contributed by atoms with Crippen LogP contribution in [0.15, 0.2) is 35.5 Å². The first kappa shape index (κ1) is 16.4. The van der Waals surface area contributed by atoms with Crippen LogP contribution in [0.4, 0.5) is 4.39 Å². The quantitative estimate of drug-likeness (QED) is 0.635. The van der Waals surface area contributed by atoms with Crippen molar-refractivity contribution < 1.29 is 4.39 Å². The molecule has 0 unspecified atom stereocenters. The summed E-state index contributed by atoms with van der Waals surface area (Å²) in [5.41, 5.74) is 1.10. The molecule has 0 amide bonds. The Hall–Kier alpha value is -1.95. The SMILES string of the molecule is CCNC(=NCc1cnc(C)s1)NCCc1ccc(F)cc1. The number of nitrogens with zero attached hydrogens (tertiary/aromatic N) is 2. The maximum Gasteiger partial charge on any atom is 0.191 e. The Labute approximate surface area is 134 Å². The molecule has 0 bridgehead atoms. The van der Waals surface area contributed by atoms with Gasteiger partial charge in [-0.05, 0) is 38.0 Å². The predicted molar refractivity (Wildman–Crippen MR) is 89.8 cm³/mol. The number of rotatable bonds is 6. The molecule has 0 aliphatic heterocycles. The number of aliphatic imine (C=N–C) groups is 1. The molecular weight excluding hydrogens is 299 g/mol. The fourth-order valence-electron chi connectivity index (χ4n) is 1.95. The monoisotopic (exact) mass is 320 g/mol. The minimum Gasteiger partial charge on any atom is -0.357 e. The van der Waals surface area contributed by atoms with Gasteiger partial charge in [0.25, 0.3) is 0 Å². The Balaban J connectivity index is 1.84. The molecule has 1 aromatic heterocycles. The van der Waals surface area contributed by atoms with Crippen molar-refractivity contribution >= 4 is 17.3 Å². The Kier molecular flexibility index (Phi) is 6.33. The molecule has 0 radical (unpaired) electrons. The second-order valence-electron chi connectivity index (χ2n) is 4.84. The molecule has 0 aliphatic carbocycles. The number of nitrogens with one attached hydrogen (secondary N) is 2. The largest absolute Gasteiger partial charge is 0.357 e. The van der Waals surface area contributed by atoms with E-state index in [4.69, 9.17) is 0 Å². The third kappa shape index (κ3) is 5.44. The molecule has 2 aromatic rings. The van der Waals surface area contributed by atoms with Gasteiger partial charge in [0.2, 0.25) is 0 Å². The van der Waals surface area contributed by atoms with E-state index in [0.29, 0.717) is 6.54 Å². The summed E-state index contributed by atoms with van der Waals surface area (Å²) >= 11 is 1.66. The summed E-state index contributed by atoms with van der Waals surface area (Å²) in [6.45, 7) is 6.21. The zero-order valence-corrected chi connectivity index (χ0v) is 13.7. The van der Waals surface area contributed by atoms with Crippen LogP contribution in [0.25, 0.3) is 0 Å². The average Bonchev–Trinajstić information content (AvgIpc) is 2.92. The third-order valence-corrected chi connectivity index (χ3v) is 3.92. The molecule has 118 valence electrons. The molecule has 1 heterocycles. The Morgan fingerprint density at radius 1 is 1.27 bits per heavy atom. The number of aromatic nitrogens is 1. The van der Waals surface area contributed by atoms with Crippen molar-refractivity contribution in [1.29, 1.82) is 0 Å². The number of aryl methyl sites for hydroxylation is 1. The molecule has 0 atom stereocenters. The maximum absolute atomic E-state index is 12.9. The smallest absolute Gasteiger partial charge is 0.191 e. The van der Waals surface area contributed by atoms with Gasteiger partial charge in [-0.2, -0.15) is 0 Å². The van der Waals surface area contributed by atoms with Crippen molar-refractivity contribution in [3.63, 3.8) is 0 Å². The summed E-state index contributed by atoms with van der Waals surface area (Å²) in [5, 5.41) is 7.56. The molecule has 2 N–H and O–H groups in total. The lowest BCUT2D eigenvalue weighted by Gasteiger charge is -2.11. The van der Waals surface area contributed by atoms with Crippen molar-refractivity contribution in [3.05, 3.63) is 51.7 Å². The van der Waals surface area contributed by atoms with Crippen LogP contribution in [-0.2, 0) is 13.0 Å². The first-order valence-electron chi connectivity index (χ1n) is 7.35. The van der Waals surface area contributed by atoms with E-state index in [9.17, 15) is 4.39 Å². The van der Waals surface area contributed by atoms with Crippen LogP contribution in [0.5, 0.6) is 0 Å². The van der Waals surface area contributed by atoms with Crippen LogP contribution in [0.1, 0.15) is 22.4 Å². The van der Waals surface area contributed by atoms with Crippen molar-refractivity contribution in [2.24, 2.45) is 4.99 Å². The van der Waals surface area contributed by atoms with E-state index in [1.165, 1.54) is 12.1 Å². The van der Waals surface area contributed by atoms with Gasteiger partial charge in [-0.15, -0.1) is 11.3 Å². The molecule has 4 nitrogen and oxygen atoms in total. The molecule has 0 fully saturated rings. The minimum atomic E-state index is -0.202. The first-order chi connectivity index (χ1) is 10.7. The Morgan fingerprint density at radius 3 is 2.68 bits per heavy atom. The van der Waals surface area contributed by atoms with E-state index in [1.54, 1.807) is 23.5 Å². The highest BCUT2D eigenvalue weighted by atomic mass is 32.1. The normalized spacial score (nSPS) is 11.5. The van der Waals surface area contributed by atoms with Crippen LogP contribution in [0, 0.1) is 12.7 Å². The van der Waals surface area contributed by atoms with Gasteiger partial charge in [-0.1, -0.05) is 12.1 Å². The van der Waals surface area contributed by atoms with Gasteiger partial charge in [-0.3, -0.25) is 0 Å². The summed E-state index contributed by atoms with van der Waals surface area (Å²) in [7, 11) is 0. The molecule has 0 spiro atoms. The number of guanidine groups is 1. The van der Waals surface area contributed by atoms with Gasteiger partial charge in [-0.25, -0.2) is 14.4 Å². The van der Waals surface area contributed by atoms with Crippen molar-refractivity contribution in [1.82, 2.24) is 15.6 Å².